The van der Waals surface area contributed by atoms with E-state index in [0.717, 1.165) is 39.8 Å². The average Bonchev–Trinajstić information content (AvgIpc) is 3.22. The maximum Gasteiger partial charge on any atom is 0.303 e. The van der Waals surface area contributed by atoms with Gasteiger partial charge in [0.2, 0.25) is 18.3 Å². The Balaban J connectivity index is 2.13. The lowest BCUT2D eigenvalue weighted by atomic mass is 9.98. The van der Waals surface area contributed by atoms with Crippen LogP contribution < -0.4 is 9.47 Å². The third kappa shape index (κ3) is 8.21. The van der Waals surface area contributed by atoms with Gasteiger partial charge >= 0.3 is 23.9 Å². The second kappa shape index (κ2) is 14.5. The molecule has 2 heterocycles. The van der Waals surface area contributed by atoms with Crippen LogP contribution in [0.4, 0.5) is 8.78 Å². The fourth-order valence-electron chi connectivity index (χ4n) is 4.76. The molecule has 0 spiro atoms. The Morgan fingerprint density at radius 2 is 1.43 bits per heavy atom. The standard InChI is InChI=1S/C29H36F2N2O11/c1-13(2)33-14(3)20(11-21-22(30)9-19(38-8)10-23(21)31)28(32-33)44-29-27(42-18(7)37)26(41-17(6)36)25(40-16(5)35)24(43-29)12-39-15(4)34/h9-10,13,24-27,29H,11-12H2,1-8H3/t24-,25-,26+,27-,29+/m1/s1. The molecule has 1 fully saturated rings. The van der Waals surface area contributed by atoms with E-state index in [9.17, 15) is 28.0 Å². The lowest BCUT2D eigenvalue weighted by Gasteiger charge is -2.43. The summed E-state index contributed by atoms with van der Waals surface area (Å²) >= 11 is 0. The summed E-state index contributed by atoms with van der Waals surface area (Å²) in [5, 5.41) is 4.48. The number of ether oxygens (including phenoxy) is 7. The van der Waals surface area contributed by atoms with Crippen LogP contribution in [0.15, 0.2) is 12.1 Å². The van der Waals surface area contributed by atoms with E-state index < -0.39 is 72.8 Å². The molecule has 13 nitrogen and oxygen atoms in total. The Hall–Kier alpha value is -4.27. The molecule has 0 saturated carbocycles. The fraction of sp³-hybridized carbons (Fsp3) is 0.552. The van der Waals surface area contributed by atoms with Crippen LogP contribution in [0.1, 0.15) is 64.4 Å². The predicted molar refractivity (Wildman–Crippen MR) is 146 cm³/mol. The van der Waals surface area contributed by atoms with E-state index in [1.807, 2.05) is 13.8 Å². The van der Waals surface area contributed by atoms with Crippen LogP contribution in [-0.2, 0) is 49.3 Å². The maximum atomic E-state index is 15.0. The number of nitrogens with zero attached hydrogens (tertiary/aromatic N) is 2. The highest BCUT2D eigenvalue weighted by molar-refractivity contribution is 5.68. The van der Waals surface area contributed by atoms with Gasteiger partial charge < -0.3 is 33.2 Å². The average molecular weight is 627 g/mol. The molecule has 0 N–H and O–H groups in total. The van der Waals surface area contributed by atoms with Crippen LogP contribution in [0.3, 0.4) is 0 Å². The van der Waals surface area contributed by atoms with E-state index in [4.69, 9.17) is 33.2 Å². The van der Waals surface area contributed by atoms with Crippen molar-refractivity contribution in [3.63, 3.8) is 0 Å². The summed E-state index contributed by atoms with van der Waals surface area (Å²) in [7, 11) is 1.28. The summed E-state index contributed by atoms with van der Waals surface area (Å²) in [5.41, 5.74) is 0.494. The molecule has 1 aromatic carbocycles. The number of methoxy groups -OCH3 is 1. The first-order chi connectivity index (χ1) is 20.6. The van der Waals surface area contributed by atoms with Crippen LogP contribution in [-0.4, -0.2) is 78.1 Å². The van der Waals surface area contributed by atoms with Crippen molar-refractivity contribution in [2.75, 3.05) is 13.7 Å². The molecule has 0 amide bonds. The molecule has 1 aromatic heterocycles. The second-order valence-corrected chi connectivity index (χ2v) is 10.3. The van der Waals surface area contributed by atoms with Gasteiger partial charge in [0.05, 0.1) is 7.11 Å². The quantitative estimate of drug-likeness (QED) is 0.266. The van der Waals surface area contributed by atoms with Gasteiger partial charge in [0.15, 0.2) is 12.2 Å². The van der Waals surface area contributed by atoms with Gasteiger partial charge in [0, 0.05) is 69.1 Å². The highest BCUT2D eigenvalue weighted by Crippen LogP contribution is 2.35. The monoisotopic (exact) mass is 626 g/mol. The van der Waals surface area contributed by atoms with E-state index in [0.29, 0.717) is 5.69 Å². The number of hydrogen-bond donors (Lipinski definition) is 0. The van der Waals surface area contributed by atoms with Crippen molar-refractivity contribution in [3.05, 3.63) is 40.6 Å². The molecule has 15 heteroatoms. The van der Waals surface area contributed by atoms with Crippen LogP contribution in [0.5, 0.6) is 11.6 Å². The minimum absolute atomic E-state index is 0.00711. The summed E-state index contributed by atoms with van der Waals surface area (Å²) in [6, 6.07) is 1.87. The molecule has 1 saturated heterocycles. The Bertz CT molecular complexity index is 1370. The van der Waals surface area contributed by atoms with Crippen molar-refractivity contribution < 1.29 is 61.1 Å². The van der Waals surface area contributed by atoms with Gasteiger partial charge in [-0.3, -0.25) is 23.9 Å². The number of hydrogen-bond acceptors (Lipinski definition) is 12. The lowest BCUT2D eigenvalue weighted by Crippen LogP contribution is -2.63. The molecule has 5 atom stereocenters. The Morgan fingerprint density at radius 3 is 1.93 bits per heavy atom. The minimum Gasteiger partial charge on any atom is -0.497 e. The highest BCUT2D eigenvalue weighted by atomic mass is 19.1. The van der Waals surface area contributed by atoms with E-state index in [1.54, 1.807) is 11.6 Å². The second-order valence-electron chi connectivity index (χ2n) is 10.3. The highest BCUT2D eigenvalue weighted by Gasteiger charge is 2.53. The number of aromatic nitrogens is 2. The molecule has 0 unspecified atom stereocenters. The zero-order chi connectivity index (χ0) is 32.9. The van der Waals surface area contributed by atoms with E-state index in [-0.39, 0.29) is 35.2 Å². The SMILES string of the molecule is COc1cc(F)c(Cc2c(O[C@@H]3O[C@H](COC(C)=O)[C@@H](OC(C)=O)[C@H](OC(C)=O)[C@H]3OC(C)=O)nn(C(C)C)c2C)c(F)c1. The topological polar surface area (TPSA) is 151 Å². The summed E-state index contributed by atoms with van der Waals surface area (Å²) in [6.07, 6.45) is -7.56. The zero-order valence-electron chi connectivity index (χ0n) is 25.7. The molecule has 0 radical (unpaired) electrons. The molecule has 0 bridgehead atoms. The number of carbonyl (C=O) groups excluding carboxylic acids is 4. The molecule has 44 heavy (non-hydrogen) atoms. The fourth-order valence-corrected chi connectivity index (χ4v) is 4.76. The Labute approximate surface area is 252 Å². The van der Waals surface area contributed by atoms with Gasteiger partial charge in [-0.2, -0.15) is 0 Å². The molecule has 2 aromatic rings. The van der Waals surface area contributed by atoms with Crippen molar-refractivity contribution in [1.29, 1.82) is 0 Å². The summed E-state index contributed by atoms with van der Waals surface area (Å²) in [6.45, 7) is 9.30. The summed E-state index contributed by atoms with van der Waals surface area (Å²) in [5.74, 6) is -4.98. The smallest absolute Gasteiger partial charge is 0.303 e. The normalized spacial score (nSPS) is 21.4. The number of halogens is 2. The Morgan fingerprint density at radius 1 is 0.886 bits per heavy atom. The molecule has 1 aliphatic heterocycles. The van der Waals surface area contributed by atoms with Crippen LogP contribution in [0.25, 0.3) is 0 Å². The number of carbonyl (C=O) groups is 4. The molecule has 242 valence electrons. The van der Waals surface area contributed by atoms with Gasteiger partial charge in [-0.15, -0.1) is 5.10 Å². The third-order valence-electron chi connectivity index (χ3n) is 6.61. The van der Waals surface area contributed by atoms with Crippen LogP contribution in [0.2, 0.25) is 0 Å². The van der Waals surface area contributed by atoms with Crippen molar-refractivity contribution in [2.45, 2.75) is 91.6 Å². The van der Waals surface area contributed by atoms with Crippen molar-refractivity contribution >= 4 is 23.9 Å². The first-order valence-corrected chi connectivity index (χ1v) is 13.7. The van der Waals surface area contributed by atoms with Gasteiger partial charge in [-0.25, -0.2) is 8.78 Å². The maximum absolute atomic E-state index is 15.0. The van der Waals surface area contributed by atoms with Gasteiger partial charge in [-0.05, 0) is 20.8 Å². The lowest BCUT2D eigenvalue weighted by molar-refractivity contribution is -0.289. The van der Waals surface area contributed by atoms with E-state index in [1.165, 1.54) is 7.11 Å². The first kappa shape index (κ1) is 34.2. The summed E-state index contributed by atoms with van der Waals surface area (Å²) < 4.78 is 70.0. The molecule has 3 rings (SSSR count). The predicted octanol–water partition coefficient (Wildman–Crippen LogP) is 3.11. The van der Waals surface area contributed by atoms with Crippen molar-refractivity contribution in [1.82, 2.24) is 9.78 Å². The van der Waals surface area contributed by atoms with Crippen molar-refractivity contribution in [2.24, 2.45) is 0 Å². The van der Waals surface area contributed by atoms with Crippen molar-refractivity contribution in [3.8, 4) is 11.6 Å². The van der Waals surface area contributed by atoms with Crippen LogP contribution in [0, 0.1) is 18.6 Å². The third-order valence-corrected chi connectivity index (χ3v) is 6.61. The summed E-state index contributed by atoms with van der Waals surface area (Å²) in [4.78, 5) is 47.9. The first-order valence-electron chi connectivity index (χ1n) is 13.7. The van der Waals surface area contributed by atoms with E-state index >= 15 is 0 Å². The molecule has 1 aliphatic rings. The van der Waals surface area contributed by atoms with Gasteiger partial charge in [0.1, 0.15) is 30.1 Å². The zero-order valence-corrected chi connectivity index (χ0v) is 25.7. The Kier molecular flexibility index (Phi) is 11.3. The molecule has 0 aliphatic carbocycles. The van der Waals surface area contributed by atoms with Gasteiger partial charge in [-0.1, -0.05) is 0 Å². The largest absolute Gasteiger partial charge is 0.497 e. The minimum atomic E-state index is -1.59. The number of benzene rings is 1. The van der Waals surface area contributed by atoms with Crippen LogP contribution >= 0.6 is 0 Å². The number of rotatable bonds is 11. The molecular weight excluding hydrogens is 590 g/mol. The van der Waals surface area contributed by atoms with E-state index in [2.05, 4.69) is 5.10 Å². The van der Waals surface area contributed by atoms with Gasteiger partial charge in [0.25, 0.3) is 0 Å². The number of esters is 4. The molecular formula is C29H36F2N2O11.